The molecule has 0 spiro atoms. The molecular formula is C40H77O10P. The van der Waals surface area contributed by atoms with E-state index in [1.54, 1.807) is 0 Å². The fraction of sp³-hybridized carbons (Fsp3) is 0.900. The number of carbonyl (C=O) groups is 2. The SMILES string of the molecule is CCCCCCCCCC/C=C/CCCCCC(=O)OC[C@H](COP(=O)(O)OC[C@@H](O)CO)OC(=O)CCCCCCCCCCCCCCC. The van der Waals surface area contributed by atoms with E-state index in [2.05, 4.69) is 30.5 Å². The summed E-state index contributed by atoms with van der Waals surface area (Å²) < 4.78 is 32.6. The molecule has 0 bridgehead atoms. The second-order valence-corrected chi connectivity index (χ2v) is 15.5. The second-order valence-electron chi connectivity index (χ2n) is 14.0. The molecule has 0 saturated heterocycles. The number of hydrogen-bond donors (Lipinski definition) is 3. The van der Waals surface area contributed by atoms with Crippen LogP contribution in [0.2, 0.25) is 0 Å². The predicted octanol–water partition coefficient (Wildman–Crippen LogP) is 10.4. The van der Waals surface area contributed by atoms with Gasteiger partial charge in [-0.15, -0.1) is 0 Å². The number of aliphatic hydroxyl groups is 2. The van der Waals surface area contributed by atoms with E-state index >= 15 is 0 Å². The minimum Gasteiger partial charge on any atom is -0.462 e. The third-order valence-corrected chi connectivity index (χ3v) is 9.87. The molecule has 10 nitrogen and oxygen atoms in total. The predicted molar refractivity (Wildman–Crippen MR) is 205 cm³/mol. The molecule has 0 saturated carbocycles. The molecule has 0 heterocycles. The van der Waals surface area contributed by atoms with Gasteiger partial charge in [0.05, 0.1) is 19.8 Å². The number of ether oxygens (including phenoxy) is 2. The number of phosphoric acid groups is 1. The summed E-state index contributed by atoms with van der Waals surface area (Å²) in [6.07, 6.45) is 33.2. The van der Waals surface area contributed by atoms with Crippen molar-refractivity contribution in [3.05, 3.63) is 12.2 Å². The first-order chi connectivity index (χ1) is 24.7. The molecule has 0 fully saturated rings. The van der Waals surface area contributed by atoms with Crippen molar-refractivity contribution in [1.82, 2.24) is 0 Å². The van der Waals surface area contributed by atoms with Crippen molar-refractivity contribution in [1.29, 1.82) is 0 Å². The zero-order valence-electron chi connectivity index (χ0n) is 32.6. The van der Waals surface area contributed by atoms with E-state index in [-0.39, 0.29) is 19.4 Å². The smallest absolute Gasteiger partial charge is 0.462 e. The number of allylic oxidation sites excluding steroid dienone is 2. The molecule has 51 heavy (non-hydrogen) atoms. The third kappa shape index (κ3) is 36.8. The molecule has 302 valence electrons. The number of carbonyl (C=O) groups excluding carboxylic acids is 2. The van der Waals surface area contributed by atoms with Gasteiger partial charge in [-0.3, -0.25) is 18.6 Å². The van der Waals surface area contributed by atoms with Gasteiger partial charge >= 0.3 is 19.8 Å². The second kappa shape index (κ2) is 37.0. The molecule has 0 rings (SSSR count). The molecule has 11 heteroatoms. The highest BCUT2D eigenvalue weighted by Crippen LogP contribution is 2.43. The van der Waals surface area contributed by atoms with Crippen LogP contribution in [0.4, 0.5) is 0 Å². The van der Waals surface area contributed by atoms with E-state index in [9.17, 15) is 24.2 Å². The van der Waals surface area contributed by atoms with Crippen LogP contribution in [-0.4, -0.2) is 65.7 Å². The maximum atomic E-state index is 12.6. The summed E-state index contributed by atoms with van der Waals surface area (Å²) in [4.78, 5) is 34.9. The summed E-state index contributed by atoms with van der Waals surface area (Å²) in [5.41, 5.74) is 0. The lowest BCUT2D eigenvalue weighted by Crippen LogP contribution is -2.29. The molecule has 0 aliphatic heterocycles. The van der Waals surface area contributed by atoms with Crippen LogP contribution in [0.1, 0.15) is 194 Å². The van der Waals surface area contributed by atoms with Crippen molar-refractivity contribution >= 4 is 19.8 Å². The van der Waals surface area contributed by atoms with Crippen LogP contribution in [0, 0.1) is 0 Å². The van der Waals surface area contributed by atoms with Crippen LogP contribution in [0.3, 0.4) is 0 Å². The van der Waals surface area contributed by atoms with Gasteiger partial charge in [-0.1, -0.05) is 154 Å². The molecule has 0 radical (unpaired) electrons. The summed E-state index contributed by atoms with van der Waals surface area (Å²) in [6.45, 7) is 2.37. The molecule has 3 N–H and O–H groups in total. The topological polar surface area (TPSA) is 149 Å². The van der Waals surface area contributed by atoms with Gasteiger partial charge in [-0.05, 0) is 38.5 Å². The van der Waals surface area contributed by atoms with Crippen molar-refractivity contribution in [3.63, 3.8) is 0 Å². The minimum atomic E-state index is -4.61. The quantitative estimate of drug-likeness (QED) is 0.0240. The summed E-state index contributed by atoms with van der Waals surface area (Å²) in [5.74, 6) is -0.935. The molecule has 0 aromatic carbocycles. The van der Waals surface area contributed by atoms with Crippen LogP contribution in [0.5, 0.6) is 0 Å². The first-order valence-corrected chi connectivity index (χ1v) is 22.1. The van der Waals surface area contributed by atoms with Crippen molar-refractivity contribution < 1.29 is 47.8 Å². The molecule has 0 aliphatic rings. The lowest BCUT2D eigenvalue weighted by molar-refractivity contribution is -0.161. The zero-order valence-corrected chi connectivity index (χ0v) is 33.5. The third-order valence-electron chi connectivity index (χ3n) is 8.92. The van der Waals surface area contributed by atoms with Crippen LogP contribution in [0.25, 0.3) is 0 Å². The van der Waals surface area contributed by atoms with E-state index in [1.807, 2.05) is 0 Å². The van der Waals surface area contributed by atoms with E-state index < -0.39 is 51.8 Å². The number of hydrogen-bond acceptors (Lipinski definition) is 9. The Hall–Kier alpha value is -1.29. The van der Waals surface area contributed by atoms with Crippen molar-refractivity contribution in [2.24, 2.45) is 0 Å². The molecular weight excluding hydrogens is 671 g/mol. The summed E-state index contributed by atoms with van der Waals surface area (Å²) in [5, 5.41) is 18.3. The Morgan fingerprint density at radius 2 is 0.961 bits per heavy atom. The summed E-state index contributed by atoms with van der Waals surface area (Å²) in [7, 11) is -4.61. The molecule has 0 aromatic rings. The van der Waals surface area contributed by atoms with Crippen molar-refractivity contribution in [2.75, 3.05) is 26.4 Å². The molecule has 0 aliphatic carbocycles. The first-order valence-electron chi connectivity index (χ1n) is 20.6. The molecule has 0 amide bonds. The number of unbranched alkanes of at least 4 members (excludes halogenated alkanes) is 23. The largest absolute Gasteiger partial charge is 0.472 e. The Morgan fingerprint density at radius 1 is 0.569 bits per heavy atom. The highest BCUT2D eigenvalue weighted by atomic mass is 31.2. The normalized spacial score (nSPS) is 14.1. The molecule has 0 aromatic heterocycles. The van der Waals surface area contributed by atoms with Gasteiger partial charge in [-0.25, -0.2) is 4.57 Å². The Balaban J connectivity index is 4.32. The highest BCUT2D eigenvalue weighted by Gasteiger charge is 2.27. The Labute approximate surface area is 311 Å². The van der Waals surface area contributed by atoms with E-state index in [0.29, 0.717) is 12.8 Å². The van der Waals surface area contributed by atoms with Crippen LogP contribution < -0.4 is 0 Å². The lowest BCUT2D eigenvalue weighted by atomic mass is 10.0. The summed E-state index contributed by atoms with van der Waals surface area (Å²) in [6, 6.07) is 0. The Morgan fingerprint density at radius 3 is 1.43 bits per heavy atom. The van der Waals surface area contributed by atoms with Crippen molar-refractivity contribution in [2.45, 2.75) is 206 Å². The maximum Gasteiger partial charge on any atom is 0.472 e. The van der Waals surface area contributed by atoms with E-state index in [4.69, 9.17) is 19.1 Å². The van der Waals surface area contributed by atoms with Gasteiger partial charge in [0.25, 0.3) is 0 Å². The van der Waals surface area contributed by atoms with Crippen LogP contribution >= 0.6 is 7.82 Å². The highest BCUT2D eigenvalue weighted by molar-refractivity contribution is 7.47. The fourth-order valence-corrected chi connectivity index (χ4v) is 6.48. The van der Waals surface area contributed by atoms with Gasteiger partial charge in [-0.2, -0.15) is 0 Å². The van der Waals surface area contributed by atoms with Gasteiger partial charge in [0, 0.05) is 12.8 Å². The average molecular weight is 749 g/mol. The molecule has 3 atom stereocenters. The Bertz CT molecular complexity index is 868. The average Bonchev–Trinajstić information content (AvgIpc) is 3.12. The van der Waals surface area contributed by atoms with E-state index in [0.717, 1.165) is 44.9 Å². The van der Waals surface area contributed by atoms with Gasteiger partial charge < -0.3 is 24.6 Å². The number of aliphatic hydroxyl groups excluding tert-OH is 2. The molecule has 1 unspecified atom stereocenters. The van der Waals surface area contributed by atoms with Gasteiger partial charge in [0.15, 0.2) is 6.10 Å². The Kier molecular flexibility index (Phi) is 36.1. The van der Waals surface area contributed by atoms with E-state index in [1.165, 1.54) is 109 Å². The lowest BCUT2D eigenvalue weighted by Gasteiger charge is -2.20. The maximum absolute atomic E-state index is 12.6. The van der Waals surface area contributed by atoms with Gasteiger partial charge in [0.2, 0.25) is 0 Å². The number of rotatable bonds is 39. The van der Waals surface area contributed by atoms with Crippen LogP contribution in [-0.2, 0) is 32.7 Å². The monoisotopic (exact) mass is 749 g/mol. The van der Waals surface area contributed by atoms with Gasteiger partial charge in [0.1, 0.15) is 12.7 Å². The minimum absolute atomic E-state index is 0.186. The number of phosphoric ester groups is 1. The van der Waals surface area contributed by atoms with Crippen molar-refractivity contribution in [3.8, 4) is 0 Å². The standard InChI is InChI=1S/C40H77O10P/c1-3-5-7-9-11-13-15-17-18-20-21-23-25-27-29-31-39(43)47-35-38(36-49-51(45,46)48-34-37(42)33-41)50-40(44)32-30-28-26-24-22-19-16-14-12-10-8-6-4-2/h20-21,37-38,41-42H,3-19,22-36H2,1-2H3,(H,45,46)/b21-20+/t37-,38+/m0/s1. The fourth-order valence-electron chi connectivity index (χ4n) is 5.69. The first kappa shape index (κ1) is 49.7. The zero-order chi connectivity index (χ0) is 37.7. The summed E-state index contributed by atoms with van der Waals surface area (Å²) >= 11 is 0. The van der Waals surface area contributed by atoms with Crippen LogP contribution in [0.15, 0.2) is 12.2 Å². The number of esters is 2.